The van der Waals surface area contributed by atoms with Gasteiger partial charge in [0.25, 0.3) is 5.56 Å². The summed E-state index contributed by atoms with van der Waals surface area (Å²) in [6, 6.07) is 5.00. The third-order valence-corrected chi connectivity index (χ3v) is 2.70. The molecule has 6 nitrogen and oxygen atoms in total. The topological polar surface area (TPSA) is 66.1 Å². The van der Waals surface area contributed by atoms with Gasteiger partial charge in [0.1, 0.15) is 5.56 Å². The van der Waals surface area contributed by atoms with Crippen LogP contribution in [0.3, 0.4) is 0 Å². The number of carbonyl (C=O) groups excluding carboxylic acids is 1. The standard InChI is InChI=1S/C12H13N3O3/c1-14-9(8-15-7-3-6-13-15)4-5-10(11(14)16)12(17)18-2/h3-7H,8H2,1-2H3. The number of hydrogen-bond acceptors (Lipinski definition) is 4. The van der Waals surface area contributed by atoms with Gasteiger partial charge in [-0.15, -0.1) is 0 Å². The van der Waals surface area contributed by atoms with E-state index in [0.29, 0.717) is 6.54 Å². The molecule has 2 aromatic heterocycles. The Labute approximate surface area is 103 Å². The van der Waals surface area contributed by atoms with Crippen molar-refractivity contribution < 1.29 is 9.53 Å². The van der Waals surface area contributed by atoms with Crippen LogP contribution in [0.5, 0.6) is 0 Å². The zero-order chi connectivity index (χ0) is 13.1. The molecule has 2 heterocycles. The van der Waals surface area contributed by atoms with Crippen LogP contribution in [0, 0.1) is 0 Å². The second kappa shape index (κ2) is 4.87. The Morgan fingerprint density at radius 3 is 2.83 bits per heavy atom. The molecule has 18 heavy (non-hydrogen) atoms. The van der Waals surface area contributed by atoms with Gasteiger partial charge < -0.3 is 9.30 Å². The number of nitrogens with zero attached hydrogens (tertiary/aromatic N) is 3. The summed E-state index contributed by atoms with van der Waals surface area (Å²) in [5.74, 6) is -0.624. The predicted molar refractivity (Wildman–Crippen MR) is 64.4 cm³/mol. The number of pyridine rings is 1. The fraction of sp³-hybridized carbons (Fsp3) is 0.250. The third kappa shape index (κ3) is 2.17. The van der Waals surface area contributed by atoms with Gasteiger partial charge in [-0.05, 0) is 18.2 Å². The SMILES string of the molecule is COC(=O)c1ccc(Cn2cccn2)n(C)c1=O. The highest BCUT2D eigenvalue weighted by atomic mass is 16.5. The Kier molecular flexibility index (Phi) is 3.27. The number of rotatable bonds is 3. The van der Waals surface area contributed by atoms with Crippen LogP contribution in [0.25, 0.3) is 0 Å². The Bertz CT molecular complexity index is 614. The lowest BCUT2D eigenvalue weighted by molar-refractivity contribution is 0.0598. The summed E-state index contributed by atoms with van der Waals surface area (Å²) >= 11 is 0. The highest BCUT2D eigenvalue weighted by molar-refractivity contribution is 5.88. The van der Waals surface area contributed by atoms with E-state index in [1.165, 1.54) is 17.7 Å². The minimum absolute atomic E-state index is 0.0317. The van der Waals surface area contributed by atoms with Gasteiger partial charge in [0.05, 0.1) is 13.7 Å². The van der Waals surface area contributed by atoms with Crippen molar-refractivity contribution in [1.29, 1.82) is 0 Å². The van der Waals surface area contributed by atoms with E-state index in [4.69, 9.17) is 0 Å². The van der Waals surface area contributed by atoms with Gasteiger partial charge in [-0.3, -0.25) is 9.48 Å². The molecule has 0 N–H and O–H groups in total. The highest BCUT2D eigenvalue weighted by Gasteiger charge is 2.13. The second-order valence-corrected chi connectivity index (χ2v) is 3.80. The lowest BCUT2D eigenvalue weighted by Gasteiger charge is -2.09. The van der Waals surface area contributed by atoms with Crippen molar-refractivity contribution in [1.82, 2.24) is 14.3 Å². The third-order valence-electron chi connectivity index (χ3n) is 2.70. The normalized spacial score (nSPS) is 10.3. The van der Waals surface area contributed by atoms with E-state index in [1.807, 2.05) is 0 Å². The van der Waals surface area contributed by atoms with Gasteiger partial charge >= 0.3 is 5.97 Å². The Balaban J connectivity index is 2.38. The monoisotopic (exact) mass is 247 g/mol. The molecule has 94 valence electrons. The molecular weight excluding hydrogens is 234 g/mol. The van der Waals surface area contributed by atoms with Crippen LogP contribution in [0.1, 0.15) is 16.1 Å². The molecule has 0 aromatic carbocycles. The zero-order valence-corrected chi connectivity index (χ0v) is 10.2. The minimum atomic E-state index is -0.624. The van der Waals surface area contributed by atoms with Gasteiger partial charge in [0.15, 0.2) is 0 Å². The Hall–Kier alpha value is -2.37. The molecular formula is C12H13N3O3. The number of methoxy groups -OCH3 is 1. The molecule has 0 aliphatic carbocycles. The maximum Gasteiger partial charge on any atom is 0.343 e. The minimum Gasteiger partial charge on any atom is -0.465 e. The summed E-state index contributed by atoms with van der Waals surface area (Å²) in [6.45, 7) is 0.472. The zero-order valence-electron chi connectivity index (χ0n) is 10.2. The van der Waals surface area contributed by atoms with Gasteiger partial charge in [0.2, 0.25) is 0 Å². The molecule has 0 atom stereocenters. The lowest BCUT2D eigenvalue weighted by atomic mass is 10.2. The first-order valence-electron chi connectivity index (χ1n) is 5.38. The molecule has 0 spiro atoms. The average molecular weight is 247 g/mol. The summed E-state index contributed by atoms with van der Waals surface area (Å²) in [7, 11) is 2.87. The maximum atomic E-state index is 12.0. The van der Waals surface area contributed by atoms with Gasteiger partial charge in [-0.1, -0.05) is 0 Å². The second-order valence-electron chi connectivity index (χ2n) is 3.80. The van der Waals surface area contributed by atoms with Crippen molar-refractivity contribution in [2.24, 2.45) is 7.05 Å². The summed E-state index contributed by atoms with van der Waals surface area (Å²) in [5.41, 5.74) is 0.423. The Morgan fingerprint density at radius 2 is 2.22 bits per heavy atom. The smallest absolute Gasteiger partial charge is 0.343 e. The van der Waals surface area contributed by atoms with Crippen LogP contribution in [0.4, 0.5) is 0 Å². The van der Waals surface area contributed by atoms with E-state index in [2.05, 4.69) is 9.84 Å². The molecule has 0 saturated heterocycles. The largest absolute Gasteiger partial charge is 0.465 e. The number of aromatic nitrogens is 3. The van der Waals surface area contributed by atoms with E-state index < -0.39 is 5.97 Å². The molecule has 2 rings (SSSR count). The van der Waals surface area contributed by atoms with Gasteiger partial charge in [-0.25, -0.2) is 4.79 Å². The number of hydrogen-bond donors (Lipinski definition) is 0. The van der Waals surface area contributed by atoms with Gasteiger partial charge in [-0.2, -0.15) is 5.10 Å². The first kappa shape index (κ1) is 12.1. The van der Waals surface area contributed by atoms with Crippen LogP contribution in [0.15, 0.2) is 35.4 Å². The summed E-state index contributed by atoms with van der Waals surface area (Å²) < 4.78 is 7.67. The van der Waals surface area contributed by atoms with Crippen LogP contribution < -0.4 is 5.56 Å². The lowest BCUT2D eigenvalue weighted by Crippen LogP contribution is -2.27. The fourth-order valence-electron chi connectivity index (χ4n) is 1.66. The van der Waals surface area contributed by atoms with Crippen molar-refractivity contribution >= 4 is 5.97 Å². The quantitative estimate of drug-likeness (QED) is 0.737. The summed E-state index contributed by atoms with van der Waals surface area (Å²) in [5, 5.41) is 4.07. The molecule has 0 radical (unpaired) electrons. The first-order chi connectivity index (χ1) is 8.63. The van der Waals surface area contributed by atoms with Crippen molar-refractivity contribution in [3.05, 3.63) is 52.2 Å². The summed E-state index contributed by atoms with van der Waals surface area (Å²) in [4.78, 5) is 23.3. The fourth-order valence-corrected chi connectivity index (χ4v) is 1.66. The van der Waals surface area contributed by atoms with Gasteiger partial charge in [0, 0.05) is 25.1 Å². The highest BCUT2D eigenvalue weighted by Crippen LogP contribution is 2.02. The molecule has 0 unspecified atom stereocenters. The predicted octanol–water partition coefficient (Wildman–Crippen LogP) is 0.417. The number of ether oxygens (including phenoxy) is 1. The average Bonchev–Trinajstić information content (AvgIpc) is 2.87. The van der Waals surface area contributed by atoms with Crippen molar-refractivity contribution in [3.8, 4) is 0 Å². The molecule has 0 saturated carbocycles. The van der Waals surface area contributed by atoms with Crippen molar-refractivity contribution in [2.45, 2.75) is 6.54 Å². The molecule has 0 amide bonds. The van der Waals surface area contributed by atoms with E-state index in [0.717, 1.165) is 5.69 Å². The molecule has 0 aliphatic rings. The van der Waals surface area contributed by atoms with Crippen LogP contribution in [-0.4, -0.2) is 27.4 Å². The van der Waals surface area contributed by atoms with Crippen LogP contribution in [-0.2, 0) is 18.3 Å². The van der Waals surface area contributed by atoms with Crippen molar-refractivity contribution in [2.75, 3.05) is 7.11 Å². The van der Waals surface area contributed by atoms with E-state index in [-0.39, 0.29) is 11.1 Å². The summed E-state index contributed by atoms with van der Waals surface area (Å²) in [6.07, 6.45) is 3.47. The van der Waals surface area contributed by atoms with E-state index in [1.54, 1.807) is 36.3 Å². The van der Waals surface area contributed by atoms with Crippen LogP contribution in [0.2, 0.25) is 0 Å². The molecule has 0 fully saturated rings. The molecule has 6 heteroatoms. The molecule has 0 bridgehead atoms. The van der Waals surface area contributed by atoms with E-state index >= 15 is 0 Å². The van der Waals surface area contributed by atoms with Crippen molar-refractivity contribution in [3.63, 3.8) is 0 Å². The van der Waals surface area contributed by atoms with E-state index in [9.17, 15) is 9.59 Å². The first-order valence-corrected chi connectivity index (χ1v) is 5.38. The maximum absolute atomic E-state index is 12.0. The molecule has 2 aromatic rings. The number of esters is 1. The number of carbonyl (C=O) groups is 1. The molecule has 0 aliphatic heterocycles. The van der Waals surface area contributed by atoms with Crippen LogP contribution >= 0.6 is 0 Å². The Morgan fingerprint density at radius 1 is 1.44 bits per heavy atom.